The molecule has 0 unspecified atom stereocenters. The van der Waals surface area contributed by atoms with E-state index < -0.39 is 0 Å². The molecule has 0 aromatic carbocycles. The van der Waals surface area contributed by atoms with E-state index in [4.69, 9.17) is 10.5 Å². The molecule has 2 heterocycles. The molecule has 1 aliphatic rings. The van der Waals surface area contributed by atoms with Crippen LogP contribution < -0.4 is 10.6 Å². The van der Waals surface area contributed by atoms with E-state index in [-0.39, 0.29) is 6.04 Å². The molecule has 0 aliphatic carbocycles. The molecule has 1 atom stereocenters. The Balaban J connectivity index is 1.98. The van der Waals surface area contributed by atoms with Crippen LogP contribution in [0.3, 0.4) is 0 Å². The third-order valence-electron chi connectivity index (χ3n) is 3.46. The molecular weight excluding hydrogens is 226 g/mol. The molecule has 1 aromatic heterocycles. The zero-order valence-corrected chi connectivity index (χ0v) is 11.3. The van der Waals surface area contributed by atoms with Crippen molar-refractivity contribution in [3.05, 3.63) is 23.9 Å². The maximum Gasteiger partial charge on any atom is 0.128 e. The lowest BCUT2D eigenvalue weighted by atomic mass is 10.1. The molecule has 4 heteroatoms. The van der Waals surface area contributed by atoms with Crippen molar-refractivity contribution < 1.29 is 4.74 Å². The van der Waals surface area contributed by atoms with Gasteiger partial charge in [0.2, 0.25) is 0 Å². The minimum Gasteiger partial charge on any atom is -0.378 e. The fourth-order valence-corrected chi connectivity index (χ4v) is 2.38. The molecule has 2 rings (SSSR count). The summed E-state index contributed by atoms with van der Waals surface area (Å²) in [6, 6.07) is 4.15. The van der Waals surface area contributed by atoms with E-state index in [2.05, 4.69) is 22.9 Å². The van der Waals surface area contributed by atoms with Gasteiger partial charge in [0.15, 0.2) is 0 Å². The van der Waals surface area contributed by atoms with Crippen LogP contribution in [-0.2, 0) is 4.74 Å². The van der Waals surface area contributed by atoms with Crippen LogP contribution in [0.1, 0.15) is 38.3 Å². The molecule has 0 spiro atoms. The van der Waals surface area contributed by atoms with Crippen LogP contribution in [0.4, 0.5) is 5.82 Å². The highest BCUT2D eigenvalue weighted by Crippen LogP contribution is 2.21. The number of hydrogen-bond donors (Lipinski definition) is 1. The molecule has 0 bridgehead atoms. The molecule has 1 aliphatic heterocycles. The van der Waals surface area contributed by atoms with Crippen LogP contribution in [0.25, 0.3) is 0 Å². The first-order valence-electron chi connectivity index (χ1n) is 6.78. The van der Waals surface area contributed by atoms with Crippen molar-refractivity contribution >= 4 is 5.82 Å². The van der Waals surface area contributed by atoms with Crippen molar-refractivity contribution in [3.63, 3.8) is 0 Å². The standard InChI is InChI=1S/C14H23N3O/c1-3-18-13-5-8-17(9-6-13)14-10-12(11(2)15)4-7-16-14/h4,7,10-11,13H,3,5-6,8-9,15H2,1-2H3/t11-/m0/s1. The molecule has 0 amide bonds. The predicted molar refractivity (Wildman–Crippen MR) is 73.7 cm³/mol. The Morgan fingerprint density at radius 1 is 1.50 bits per heavy atom. The van der Waals surface area contributed by atoms with Crippen molar-refractivity contribution in [2.45, 2.75) is 38.8 Å². The molecule has 2 N–H and O–H groups in total. The topological polar surface area (TPSA) is 51.4 Å². The number of aromatic nitrogens is 1. The number of hydrogen-bond acceptors (Lipinski definition) is 4. The molecule has 0 radical (unpaired) electrons. The fourth-order valence-electron chi connectivity index (χ4n) is 2.38. The Morgan fingerprint density at radius 2 is 2.22 bits per heavy atom. The Bertz CT molecular complexity index is 373. The average molecular weight is 249 g/mol. The summed E-state index contributed by atoms with van der Waals surface area (Å²) in [4.78, 5) is 6.77. The fraction of sp³-hybridized carbons (Fsp3) is 0.643. The molecule has 1 aromatic rings. The monoisotopic (exact) mass is 249 g/mol. The molecule has 18 heavy (non-hydrogen) atoms. The van der Waals surface area contributed by atoms with Crippen LogP contribution in [-0.4, -0.2) is 30.8 Å². The second-order valence-corrected chi connectivity index (χ2v) is 4.88. The van der Waals surface area contributed by atoms with E-state index in [1.54, 1.807) is 0 Å². The summed E-state index contributed by atoms with van der Waals surface area (Å²) in [7, 11) is 0. The summed E-state index contributed by atoms with van der Waals surface area (Å²) in [5.74, 6) is 1.04. The second-order valence-electron chi connectivity index (χ2n) is 4.88. The first-order valence-corrected chi connectivity index (χ1v) is 6.78. The van der Waals surface area contributed by atoms with Crippen LogP contribution in [0.15, 0.2) is 18.3 Å². The van der Waals surface area contributed by atoms with Gasteiger partial charge in [0, 0.05) is 31.9 Å². The highest BCUT2D eigenvalue weighted by molar-refractivity contribution is 5.42. The quantitative estimate of drug-likeness (QED) is 0.888. The number of nitrogens with two attached hydrogens (primary N) is 1. The Labute approximate surface area is 109 Å². The van der Waals surface area contributed by atoms with Crippen LogP contribution in [0.2, 0.25) is 0 Å². The van der Waals surface area contributed by atoms with E-state index in [1.165, 1.54) is 0 Å². The van der Waals surface area contributed by atoms with Gasteiger partial charge < -0.3 is 15.4 Å². The van der Waals surface area contributed by atoms with Gasteiger partial charge in [-0.25, -0.2) is 4.98 Å². The molecular formula is C14H23N3O. The molecule has 0 saturated carbocycles. The van der Waals surface area contributed by atoms with Crippen LogP contribution >= 0.6 is 0 Å². The number of ether oxygens (including phenoxy) is 1. The van der Waals surface area contributed by atoms with Crippen molar-refractivity contribution in [2.24, 2.45) is 5.73 Å². The number of pyridine rings is 1. The van der Waals surface area contributed by atoms with Crippen molar-refractivity contribution in [2.75, 3.05) is 24.6 Å². The summed E-state index contributed by atoms with van der Waals surface area (Å²) in [5, 5.41) is 0. The van der Waals surface area contributed by atoms with E-state index in [0.29, 0.717) is 6.10 Å². The average Bonchev–Trinajstić information content (AvgIpc) is 2.40. The third kappa shape index (κ3) is 3.21. The van der Waals surface area contributed by atoms with Gasteiger partial charge in [-0.2, -0.15) is 0 Å². The zero-order valence-electron chi connectivity index (χ0n) is 11.3. The van der Waals surface area contributed by atoms with Gasteiger partial charge in [-0.3, -0.25) is 0 Å². The molecule has 100 valence electrons. The predicted octanol–water partition coefficient (Wildman–Crippen LogP) is 2.11. The number of rotatable bonds is 4. The van der Waals surface area contributed by atoms with Crippen LogP contribution in [0, 0.1) is 0 Å². The lowest BCUT2D eigenvalue weighted by Gasteiger charge is -2.32. The van der Waals surface area contributed by atoms with Crippen molar-refractivity contribution in [1.82, 2.24) is 4.98 Å². The SMILES string of the molecule is CCOC1CCN(c2cc([C@H](C)N)ccn2)CC1. The van der Waals surface area contributed by atoms with Crippen LogP contribution in [0.5, 0.6) is 0 Å². The van der Waals surface area contributed by atoms with E-state index in [0.717, 1.165) is 43.9 Å². The first kappa shape index (κ1) is 13.3. The number of piperidine rings is 1. The van der Waals surface area contributed by atoms with Gasteiger partial charge in [0.05, 0.1) is 6.10 Å². The Hall–Kier alpha value is -1.13. The summed E-state index contributed by atoms with van der Waals surface area (Å²) >= 11 is 0. The van der Waals surface area contributed by atoms with E-state index in [1.807, 2.05) is 19.2 Å². The van der Waals surface area contributed by atoms with Crippen molar-refractivity contribution in [1.29, 1.82) is 0 Å². The number of anilines is 1. The normalized spacial score (nSPS) is 18.9. The van der Waals surface area contributed by atoms with Gasteiger partial charge in [-0.05, 0) is 44.4 Å². The van der Waals surface area contributed by atoms with Gasteiger partial charge in [-0.15, -0.1) is 0 Å². The van der Waals surface area contributed by atoms with E-state index in [9.17, 15) is 0 Å². The summed E-state index contributed by atoms with van der Waals surface area (Å²) in [6.45, 7) is 6.89. The Morgan fingerprint density at radius 3 is 2.83 bits per heavy atom. The zero-order chi connectivity index (χ0) is 13.0. The van der Waals surface area contributed by atoms with Gasteiger partial charge in [-0.1, -0.05) is 0 Å². The highest BCUT2D eigenvalue weighted by Gasteiger charge is 2.20. The summed E-state index contributed by atoms with van der Waals surface area (Å²) in [5.41, 5.74) is 7.05. The maximum atomic E-state index is 5.91. The van der Waals surface area contributed by atoms with Gasteiger partial charge in [0.1, 0.15) is 5.82 Å². The minimum absolute atomic E-state index is 0.0627. The molecule has 1 fully saturated rings. The summed E-state index contributed by atoms with van der Waals surface area (Å²) in [6.07, 6.45) is 4.43. The first-order chi connectivity index (χ1) is 8.70. The lowest BCUT2D eigenvalue weighted by molar-refractivity contribution is 0.0458. The van der Waals surface area contributed by atoms with E-state index >= 15 is 0 Å². The molecule has 1 saturated heterocycles. The molecule has 4 nitrogen and oxygen atoms in total. The summed E-state index contributed by atoms with van der Waals surface area (Å²) < 4.78 is 5.66. The van der Waals surface area contributed by atoms with Gasteiger partial charge >= 0.3 is 0 Å². The minimum atomic E-state index is 0.0627. The largest absolute Gasteiger partial charge is 0.378 e. The van der Waals surface area contributed by atoms with Gasteiger partial charge in [0.25, 0.3) is 0 Å². The maximum absolute atomic E-state index is 5.91. The number of nitrogens with zero attached hydrogens (tertiary/aromatic N) is 2. The Kier molecular flexibility index (Phi) is 4.55. The van der Waals surface area contributed by atoms with Crippen molar-refractivity contribution in [3.8, 4) is 0 Å². The lowest BCUT2D eigenvalue weighted by Crippen LogP contribution is -2.37. The highest BCUT2D eigenvalue weighted by atomic mass is 16.5. The third-order valence-corrected chi connectivity index (χ3v) is 3.46. The second kappa shape index (κ2) is 6.16. The smallest absolute Gasteiger partial charge is 0.128 e.